The zero-order valence-electron chi connectivity index (χ0n) is 17.8. The van der Waals surface area contributed by atoms with Gasteiger partial charge in [-0.2, -0.15) is 5.10 Å². The fourth-order valence-electron chi connectivity index (χ4n) is 5.38. The lowest BCUT2D eigenvalue weighted by molar-refractivity contribution is -0.119. The van der Waals surface area contributed by atoms with E-state index < -0.39 is 0 Å². The van der Waals surface area contributed by atoms with E-state index in [0.717, 1.165) is 18.7 Å². The largest absolute Gasteiger partial charge is 0.508 e. The number of nitrogens with zero attached hydrogens (tertiary/aromatic N) is 3. The van der Waals surface area contributed by atoms with Crippen LogP contribution in [0, 0.1) is 17.8 Å². The molecule has 4 atom stereocenters. The van der Waals surface area contributed by atoms with E-state index in [4.69, 9.17) is 28.3 Å². The van der Waals surface area contributed by atoms with Crippen molar-refractivity contribution in [2.45, 2.75) is 32.2 Å². The Morgan fingerprint density at radius 1 is 1.09 bits per heavy atom. The Morgan fingerprint density at radius 3 is 2.44 bits per heavy atom. The molecule has 1 saturated heterocycles. The highest BCUT2D eigenvalue weighted by molar-refractivity contribution is 6.41. The Kier molecular flexibility index (Phi) is 5.78. The third-order valence-corrected chi connectivity index (χ3v) is 7.53. The number of halogens is 2. The first-order valence-corrected chi connectivity index (χ1v) is 11.8. The molecule has 2 aromatic carbocycles. The molecule has 5 rings (SSSR count). The molecule has 0 radical (unpaired) electrons. The maximum Gasteiger partial charge on any atom is 0.282 e. The minimum Gasteiger partial charge on any atom is -0.508 e. The molecule has 2 heterocycles. The standard InChI is InChI=1S/C24H26Cl2N4O2/c1-14-22(24(32)28-29-12-16-3-2-4-17(16)13-29)27-30(21-10-7-18(25)11-20(21)26)23(14)15-5-8-19(31)9-6-15/h5-11,14,16-17,23,31H,2-4,12-13H2,1H3,(H,28,32). The number of nitrogens with one attached hydrogen (secondary N) is 1. The summed E-state index contributed by atoms with van der Waals surface area (Å²) in [4.78, 5) is 13.3. The summed E-state index contributed by atoms with van der Waals surface area (Å²) in [6.07, 6.45) is 3.80. The van der Waals surface area contributed by atoms with Gasteiger partial charge in [-0.15, -0.1) is 0 Å². The van der Waals surface area contributed by atoms with Crippen LogP contribution in [-0.4, -0.2) is 34.8 Å². The lowest BCUT2D eigenvalue weighted by Crippen LogP contribution is -2.45. The smallest absolute Gasteiger partial charge is 0.282 e. The molecule has 4 unspecified atom stereocenters. The van der Waals surface area contributed by atoms with E-state index in [-0.39, 0.29) is 23.6 Å². The van der Waals surface area contributed by atoms with Crippen LogP contribution in [0.2, 0.25) is 10.0 Å². The SMILES string of the molecule is CC1C(C(=O)NN2CC3CCCC3C2)=NN(c2ccc(Cl)cc2Cl)C1c1ccc(O)cc1. The van der Waals surface area contributed by atoms with E-state index in [2.05, 4.69) is 10.4 Å². The highest BCUT2D eigenvalue weighted by atomic mass is 35.5. The van der Waals surface area contributed by atoms with Crippen molar-refractivity contribution in [2.24, 2.45) is 22.9 Å². The van der Waals surface area contributed by atoms with Gasteiger partial charge in [0.15, 0.2) is 0 Å². The Balaban J connectivity index is 1.44. The van der Waals surface area contributed by atoms with Crippen molar-refractivity contribution in [1.82, 2.24) is 10.4 Å². The Hall–Kier alpha value is -2.28. The second-order valence-electron chi connectivity index (χ2n) is 9.05. The third kappa shape index (κ3) is 3.96. The van der Waals surface area contributed by atoms with Gasteiger partial charge in [-0.05, 0) is 60.6 Å². The van der Waals surface area contributed by atoms with Crippen LogP contribution < -0.4 is 10.4 Å². The van der Waals surface area contributed by atoms with E-state index in [1.807, 2.05) is 25.1 Å². The zero-order valence-corrected chi connectivity index (χ0v) is 19.4. The van der Waals surface area contributed by atoms with Gasteiger partial charge in [0, 0.05) is 24.0 Å². The predicted octanol–water partition coefficient (Wildman–Crippen LogP) is 5.02. The first-order valence-electron chi connectivity index (χ1n) is 11.1. The molecule has 3 aliphatic rings. The van der Waals surface area contributed by atoms with Crippen LogP contribution in [0.25, 0.3) is 0 Å². The van der Waals surface area contributed by atoms with Crippen LogP contribution in [0.1, 0.15) is 37.8 Å². The summed E-state index contributed by atoms with van der Waals surface area (Å²) >= 11 is 12.6. The maximum absolute atomic E-state index is 13.3. The zero-order chi connectivity index (χ0) is 22.4. The van der Waals surface area contributed by atoms with Gasteiger partial charge in [0.1, 0.15) is 11.5 Å². The predicted molar refractivity (Wildman–Crippen MR) is 127 cm³/mol. The number of rotatable bonds is 4. The van der Waals surface area contributed by atoms with Crippen LogP contribution in [0.15, 0.2) is 47.6 Å². The maximum atomic E-state index is 13.3. The van der Waals surface area contributed by atoms with Crippen molar-refractivity contribution >= 4 is 40.5 Å². The number of aromatic hydroxyl groups is 1. The summed E-state index contributed by atoms with van der Waals surface area (Å²) in [6, 6.07) is 12.0. The number of hydrogen-bond acceptors (Lipinski definition) is 5. The molecule has 2 N–H and O–H groups in total. The van der Waals surface area contributed by atoms with Gasteiger partial charge in [-0.3, -0.25) is 15.2 Å². The normalized spacial score (nSPS) is 27.5. The van der Waals surface area contributed by atoms with E-state index >= 15 is 0 Å². The first-order chi connectivity index (χ1) is 15.4. The second kappa shape index (κ2) is 8.58. The molecular formula is C24H26Cl2N4O2. The molecule has 6 nitrogen and oxygen atoms in total. The first kappa shape index (κ1) is 21.6. The van der Waals surface area contributed by atoms with Crippen molar-refractivity contribution in [3.63, 3.8) is 0 Å². The van der Waals surface area contributed by atoms with Crippen LogP contribution in [0.5, 0.6) is 5.75 Å². The summed E-state index contributed by atoms with van der Waals surface area (Å²) in [6.45, 7) is 3.82. The summed E-state index contributed by atoms with van der Waals surface area (Å²) in [5.41, 5.74) is 5.18. The summed E-state index contributed by atoms with van der Waals surface area (Å²) in [5, 5.41) is 19.3. The van der Waals surface area contributed by atoms with Gasteiger partial charge in [0.05, 0.1) is 16.8 Å². The van der Waals surface area contributed by atoms with E-state index in [1.54, 1.807) is 29.3 Å². The Labute approximate surface area is 197 Å². The van der Waals surface area contributed by atoms with Gasteiger partial charge in [-0.25, -0.2) is 5.01 Å². The van der Waals surface area contributed by atoms with Crippen LogP contribution in [-0.2, 0) is 4.79 Å². The van der Waals surface area contributed by atoms with Gasteiger partial charge < -0.3 is 5.11 Å². The van der Waals surface area contributed by atoms with Crippen molar-refractivity contribution in [1.29, 1.82) is 0 Å². The molecule has 8 heteroatoms. The number of carbonyl (C=O) groups excluding carboxylic acids is 1. The summed E-state index contributed by atoms with van der Waals surface area (Å²) in [7, 11) is 0. The molecule has 1 saturated carbocycles. The molecule has 1 amide bonds. The number of amides is 1. The molecular weight excluding hydrogens is 447 g/mol. The lowest BCUT2D eigenvalue weighted by Gasteiger charge is -2.27. The number of phenolic OH excluding ortho intramolecular Hbond substituents is 1. The minimum absolute atomic E-state index is 0.172. The van der Waals surface area contributed by atoms with Gasteiger partial charge in [0.2, 0.25) is 0 Å². The molecule has 2 aliphatic heterocycles. The number of anilines is 1. The molecule has 168 valence electrons. The highest BCUT2D eigenvalue weighted by Crippen LogP contribution is 2.43. The average Bonchev–Trinajstić information content (AvgIpc) is 3.42. The molecule has 2 fully saturated rings. The van der Waals surface area contributed by atoms with Crippen LogP contribution in [0.3, 0.4) is 0 Å². The van der Waals surface area contributed by atoms with Gasteiger partial charge >= 0.3 is 0 Å². The number of benzene rings is 2. The summed E-state index contributed by atoms with van der Waals surface area (Å²) in [5.74, 6) is 1.20. The molecule has 32 heavy (non-hydrogen) atoms. The number of hydrazone groups is 1. The second-order valence-corrected chi connectivity index (χ2v) is 9.89. The molecule has 1 aliphatic carbocycles. The van der Waals surface area contributed by atoms with Crippen molar-refractivity contribution in [3.8, 4) is 5.75 Å². The van der Waals surface area contributed by atoms with Crippen LogP contribution >= 0.6 is 23.2 Å². The van der Waals surface area contributed by atoms with Gasteiger partial charge in [0.25, 0.3) is 5.91 Å². The number of phenols is 1. The van der Waals surface area contributed by atoms with E-state index in [1.165, 1.54) is 19.3 Å². The van der Waals surface area contributed by atoms with E-state index in [0.29, 0.717) is 33.3 Å². The number of fused-ring (bicyclic) bond motifs is 1. The monoisotopic (exact) mass is 472 g/mol. The van der Waals surface area contributed by atoms with Crippen molar-refractivity contribution in [2.75, 3.05) is 18.1 Å². The third-order valence-electron chi connectivity index (χ3n) is 6.99. The van der Waals surface area contributed by atoms with Crippen molar-refractivity contribution in [3.05, 3.63) is 58.1 Å². The number of hydrazine groups is 1. The number of carbonyl (C=O) groups is 1. The topological polar surface area (TPSA) is 68.2 Å². The average molecular weight is 473 g/mol. The molecule has 0 aromatic heterocycles. The minimum atomic E-state index is -0.243. The quantitative estimate of drug-likeness (QED) is 0.655. The molecule has 0 spiro atoms. The summed E-state index contributed by atoms with van der Waals surface area (Å²) < 4.78 is 0. The van der Waals surface area contributed by atoms with Crippen molar-refractivity contribution < 1.29 is 9.90 Å². The number of hydrogen-bond donors (Lipinski definition) is 2. The fraction of sp³-hybridized carbons (Fsp3) is 0.417. The Morgan fingerprint density at radius 2 is 1.78 bits per heavy atom. The van der Waals surface area contributed by atoms with Gasteiger partial charge in [-0.1, -0.05) is 48.7 Å². The molecule has 0 bridgehead atoms. The van der Waals surface area contributed by atoms with E-state index in [9.17, 15) is 9.90 Å². The Bertz CT molecular complexity index is 1050. The lowest BCUT2D eigenvalue weighted by atomic mass is 9.91. The highest BCUT2D eigenvalue weighted by Gasteiger charge is 2.42. The molecule has 2 aromatic rings. The van der Waals surface area contributed by atoms with Crippen LogP contribution in [0.4, 0.5) is 5.69 Å². The fourth-order valence-corrected chi connectivity index (χ4v) is 5.88.